The Hall–Kier alpha value is -0.770. The van der Waals surface area contributed by atoms with Crippen molar-refractivity contribution in [2.45, 2.75) is 26.3 Å². The molecule has 0 spiro atoms. The van der Waals surface area contributed by atoms with Gasteiger partial charge in [0.1, 0.15) is 0 Å². The van der Waals surface area contributed by atoms with Crippen molar-refractivity contribution in [1.82, 2.24) is 5.06 Å². The fourth-order valence-corrected chi connectivity index (χ4v) is 0.361. The van der Waals surface area contributed by atoms with Crippen LogP contribution in [0.25, 0.3) is 0 Å². The van der Waals surface area contributed by atoms with E-state index >= 15 is 0 Å². The Bertz CT molecular complexity index is 104. The van der Waals surface area contributed by atoms with Gasteiger partial charge in [-0.1, -0.05) is 6.92 Å². The zero-order valence-electron chi connectivity index (χ0n) is 5.53. The Labute approximate surface area is 53.7 Å². The Kier molecular flexibility index (Phi) is 3.01. The van der Waals surface area contributed by atoms with E-state index in [0.717, 1.165) is 0 Å². The van der Waals surface area contributed by atoms with Crippen molar-refractivity contribution in [3.8, 4) is 0 Å². The second kappa shape index (κ2) is 3.29. The zero-order valence-corrected chi connectivity index (χ0v) is 5.53. The largest absolute Gasteiger partial charge is 0.463 e. The minimum atomic E-state index is -1.30. The first kappa shape index (κ1) is 8.23. The lowest BCUT2D eigenvalue weighted by atomic mass is 10.3. The van der Waals surface area contributed by atoms with E-state index in [1.54, 1.807) is 13.8 Å². The number of nitrogens with zero attached hydrogens (tertiary/aromatic N) is 1. The van der Waals surface area contributed by atoms with Gasteiger partial charge in [-0.25, -0.2) is 4.79 Å². The number of hydroxylamine groups is 2. The van der Waals surface area contributed by atoms with Gasteiger partial charge in [0.2, 0.25) is 0 Å². The SMILES string of the molecule is CCC(C)N(O)C(=O)O. The molecule has 0 rings (SSSR count). The molecule has 54 valence electrons. The van der Waals surface area contributed by atoms with Crippen LogP contribution < -0.4 is 0 Å². The quantitative estimate of drug-likeness (QED) is 0.439. The molecular formula is C5H11NO3. The summed E-state index contributed by atoms with van der Waals surface area (Å²) in [7, 11) is 0. The summed E-state index contributed by atoms with van der Waals surface area (Å²) < 4.78 is 0. The summed E-state index contributed by atoms with van der Waals surface area (Å²) in [6, 6.07) is -0.317. The molecule has 0 aliphatic rings. The molecule has 0 bridgehead atoms. The second-order valence-corrected chi connectivity index (χ2v) is 1.88. The van der Waals surface area contributed by atoms with Crippen molar-refractivity contribution in [1.29, 1.82) is 0 Å². The van der Waals surface area contributed by atoms with E-state index in [4.69, 9.17) is 10.3 Å². The Morgan fingerprint density at radius 1 is 1.78 bits per heavy atom. The molecular weight excluding hydrogens is 122 g/mol. The van der Waals surface area contributed by atoms with Crippen molar-refractivity contribution in [2.24, 2.45) is 0 Å². The van der Waals surface area contributed by atoms with Crippen molar-refractivity contribution in [2.75, 3.05) is 0 Å². The maximum absolute atomic E-state index is 9.98. The van der Waals surface area contributed by atoms with Gasteiger partial charge in [0.05, 0.1) is 6.04 Å². The summed E-state index contributed by atoms with van der Waals surface area (Å²) in [5, 5.41) is 17.1. The number of carboxylic acid groups (broad SMARTS) is 1. The van der Waals surface area contributed by atoms with E-state index in [-0.39, 0.29) is 6.04 Å². The minimum Gasteiger partial charge on any atom is -0.463 e. The molecule has 4 nitrogen and oxygen atoms in total. The van der Waals surface area contributed by atoms with Crippen LogP contribution in [0.1, 0.15) is 20.3 Å². The van der Waals surface area contributed by atoms with Crippen LogP contribution >= 0.6 is 0 Å². The molecule has 0 saturated carbocycles. The molecule has 1 atom stereocenters. The molecule has 4 heteroatoms. The molecule has 0 aromatic heterocycles. The molecule has 0 saturated heterocycles. The number of rotatable bonds is 2. The van der Waals surface area contributed by atoms with Crippen LogP contribution in [-0.4, -0.2) is 27.5 Å². The average Bonchev–Trinajstić information content (AvgIpc) is 1.84. The Morgan fingerprint density at radius 3 is 2.33 bits per heavy atom. The predicted molar refractivity (Wildman–Crippen MR) is 31.4 cm³/mol. The van der Waals surface area contributed by atoms with Gasteiger partial charge in [0, 0.05) is 0 Å². The fraction of sp³-hybridized carbons (Fsp3) is 0.800. The predicted octanol–water partition coefficient (Wildman–Crippen LogP) is 1.15. The molecule has 1 amide bonds. The molecule has 0 aliphatic carbocycles. The van der Waals surface area contributed by atoms with Gasteiger partial charge in [-0.05, 0) is 13.3 Å². The van der Waals surface area contributed by atoms with Gasteiger partial charge in [-0.2, -0.15) is 5.06 Å². The topological polar surface area (TPSA) is 60.8 Å². The van der Waals surface area contributed by atoms with Crippen molar-refractivity contribution in [3.05, 3.63) is 0 Å². The average molecular weight is 133 g/mol. The van der Waals surface area contributed by atoms with Crippen molar-refractivity contribution >= 4 is 6.09 Å². The van der Waals surface area contributed by atoms with Gasteiger partial charge in [0.15, 0.2) is 0 Å². The Balaban J connectivity index is 3.72. The lowest BCUT2D eigenvalue weighted by Crippen LogP contribution is -2.33. The normalized spacial score (nSPS) is 12.8. The van der Waals surface area contributed by atoms with Crippen molar-refractivity contribution in [3.63, 3.8) is 0 Å². The van der Waals surface area contributed by atoms with Crippen LogP contribution in [0.5, 0.6) is 0 Å². The number of carbonyl (C=O) groups is 1. The molecule has 0 fully saturated rings. The summed E-state index contributed by atoms with van der Waals surface area (Å²) in [5.41, 5.74) is 0. The van der Waals surface area contributed by atoms with E-state index in [9.17, 15) is 4.79 Å². The van der Waals surface area contributed by atoms with Crippen LogP contribution in [0.4, 0.5) is 4.79 Å². The minimum absolute atomic E-state index is 0.306. The highest BCUT2D eigenvalue weighted by molar-refractivity contribution is 5.63. The molecule has 0 aromatic rings. The molecule has 2 N–H and O–H groups in total. The summed E-state index contributed by atoms with van der Waals surface area (Å²) >= 11 is 0. The number of hydrogen-bond acceptors (Lipinski definition) is 2. The Morgan fingerprint density at radius 2 is 2.22 bits per heavy atom. The van der Waals surface area contributed by atoms with E-state index in [2.05, 4.69) is 0 Å². The van der Waals surface area contributed by atoms with Gasteiger partial charge in [0.25, 0.3) is 0 Å². The summed E-state index contributed by atoms with van der Waals surface area (Å²) in [4.78, 5) is 9.98. The first-order valence-corrected chi connectivity index (χ1v) is 2.80. The van der Waals surface area contributed by atoms with Crippen LogP contribution in [0.2, 0.25) is 0 Å². The second-order valence-electron chi connectivity index (χ2n) is 1.88. The van der Waals surface area contributed by atoms with Crippen LogP contribution in [0.15, 0.2) is 0 Å². The van der Waals surface area contributed by atoms with Crippen LogP contribution in [0.3, 0.4) is 0 Å². The lowest BCUT2D eigenvalue weighted by Gasteiger charge is -2.16. The monoisotopic (exact) mass is 133 g/mol. The van der Waals surface area contributed by atoms with Gasteiger partial charge >= 0.3 is 6.09 Å². The zero-order chi connectivity index (χ0) is 7.44. The highest BCUT2D eigenvalue weighted by Crippen LogP contribution is 1.98. The molecule has 0 aliphatic heterocycles. The standard InChI is InChI=1S/C5H11NO3/c1-3-4(2)6(9)5(7)8/h4,9H,3H2,1-2H3,(H,7,8). The molecule has 0 radical (unpaired) electrons. The summed E-state index contributed by atoms with van der Waals surface area (Å²) in [6.45, 7) is 3.44. The number of amides is 1. The maximum atomic E-state index is 9.98. The summed E-state index contributed by atoms with van der Waals surface area (Å²) in [6.07, 6.45) is -0.688. The third-order valence-electron chi connectivity index (χ3n) is 1.20. The van der Waals surface area contributed by atoms with E-state index in [0.29, 0.717) is 11.5 Å². The lowest BCUT2D eigenvalue weighted by molar-refractivity contribution is -0.0919. The van der Waals surface area contributed by atoms with Crippen LogP contribution in [-0.2, 0) is 0 Å². The third-order valence-corrected chi connectivity index (χ3v) is 1.20. The molecule has 1 unspecified atom stereocenters. The molecule has 0 aromatic carbocycles. The third kappa shape index (κ3) is 2.32. The highest BCUT2D eigenvalue weighted by atomic mass is 16.6. The van der Waals surface area contributed by atoms with Gasteiger partial charge in [-0.3, -0.25) is 5.21 Å². The van der Waals surface area contributed by atoms with E-state index < -0.39 is 6.09 Å². The molecule has 9 heavy (non-hydrogen) atoms. The maximum Gasteiger partial charge on any atom is 0.431 e. The van der Waals surface area contributed by atoms with Crippen LogP contribution in [0, 0.1) is 0 Å². The van der Waals surface area contributed by atoms with Gasteiger partial charge in [-0.15, -0.1) is 0 Å². The molecule has 0 heterocycles. The highest BCUT2D eigenvalue weighted by Gasteiger charge is 2.13. The van der Waals surface area contributed by atoms with E-state index in [1.165, 1.54) is 0 Å². The van der Waals surface area contributed by atoms with E-state index in [1.807, 2.05) is 0 Å². The van der Waals surface area contributed by atoms with Crippen molar-refractivity contribution < 1.29 is 15.1 Å². The first-order chi connectivity index (χ1) is 4.09. The summed E-state index contributed by atoms with van der Waals surface area (Å²) in [5.74, 6) is 0. The smallest absolute Gasteiger partial charge is 0.431 e. The first-order valence-electron chi connectivity index (χ1n) is 2.80. The number of hydrogen-bond donors (Lipinski definition) is 2. The van der Waals surface area contributed by atoms with Gasteiger partial charge < -0.3 is 5.11 Å². The fourth-order valence-electron chi connectivity index (χ4n) is 0.361.